The SMILES string of the molecule is C[C@@H]1[C@@H]([Si](C)(C)O)[C@H](CCn2cc(CCO)nn2)O[C@@H]1CCc1ccc(NC(=O)[C@H](C)O)cc1. The molecule has 4 N–H and O–H groups in total. The zero-order valence-corrected chi connectivity index (χ0v) is 21.5. The number of amides is 1. The van der Waals surface area contributed by atoms with Crippen LogP contribution in [0.1, 0.15) is 37.9 Å². The van der Waals surface area contributed by atoms with E-state index in [9.17, 15) is 14.7 Å². The van der Waals surface area contributed by atoms with Crippen molar-refractivity contribution in [3.05, 3.63) is 41.7 Å². The Balaban J connectivity index is 1.58. The number of anilines is 1. The Kier molecular flexibility index (Phi) is 8.99. The summed E-state index contributed by atoms with van der Waals surface area (Å²) in [4.78, 5) is 22.7. The summed E-state index contributed by atoms with van der Waals surface area (Å²) < 4.78 is 8.29. The number of hydrogen-bond acceptors (Lipinski definition) is 7. The van der Waals surface area contributed by atoms with Gasteiger partial charge in [-0.3, -0.25) is 9.48 Å². The zero-order chi connectivity index (χ0) is 24.9. The second kappa shape index (κ2) is 11.5. The van der Waals surface area contributed by atoms with Crippen molar-refractivity contribution in [3.63, 3.8) is 0 Å². The summed E-state index contributed by atoms with van der Waals surface area (Å²) in [6.07, 6.45) is 3.76. The van der Waals surface area contributed by atoms with Crippen LogP contribution in [0.3, 0.4) is 0 Å². The maximum Gasteiger partial charge on any atom is 0.252 e. The van der Waals surface area contributed by atoms with E-state index in [4.69, 9.17) is 9.84 Å². The predicted octanol–water partition coefficient (Wildman–Crippen LogP) is 2.13. The molecule has 34 heavy (non-hydrogen) atoms. The van der Waals surface area contributed by atoms with Crippen molar-refractivity contribution in [1.29, 1.82) is 0 Å². The molecule has 0 spiro atoms. The van der Waals surface area contributed by atoms with Gasteiger partial charge in [0.1, 0.15) is 6.10 Å². The van der Waals surface area contributed by atoms with Gasteiger partial charge in [-0.25, -0.2) is 0 Å². The van der Waals surface area contributed by atoms with Crippen LogP contribution in [0.4, 0.5) is 5.69 Å². The molecular formula is C24H38N4O5Si. The molecule has 1 saturated heterocycles. The number of benzene rings is 1. The van der Waals surface area contributed by atoms with Gasteiger partial charge in [-0.05, 0) is 62.9 Å². The predicted molar refractivity (Wildman–Crippen MR) is 132 cm³/mol. The first kappa shape index (κ1) is 26.5. The van der Waals surface area contributed by atoms with Gasteiger partial charge >= 0.3 is 0 Å². The molecule has 1 fully saturated rings. The van der Waals surface area contributed by atoms with E-state index in [0.29, 0.717) is 18.7 Å². The summed E-state index contributed by atoms with van der Waals surface area (Å²) in [5.41, 5.74) is 2.70. The van der Waals surface area contributed by atoms with Gasteiger partial charge in [0, 0.05) is 37.0 Å². The van der Waals surface area contributed by atoms with Crippen molar-refractivity contribution in [1.82, 2.24) is 15.0 Å². The van der Waals surface area contributed by atoms with Crippen LogP contribution >= 0.6 is 0 Å². The molecule has 0 bridgehead atoms. The lowest BCUT2D eigenvalue weighted by molar-refractivity contribution is -0.123. The van der Waals surface area contributed by atoms with Crippen molar-refractivity contribution in [2.45, 2.75) is 83.0 Å². The minimum atomic E-state index is -2.44. The first-order chi connectivity index (χ1) is 16.1. The van der Waals surface area contributed by atoms with Crippen LogP contribution < -0.4 is 5.32 Å². The largest absolute Gasteiger partial charge is 0.432 e. The van der Waals surface area contributed by atoms with Crippen LogP contribution in [0.15, 0.2) is 30.5 Å². The fourth-order valence-electron chi connectivity index (χ4n) is 4.93. The van der Waals surface area contributed by atoms with Gasteiger partial charge in [-0.15, -0.1) is 5.10 Å². The molecule has 9 nitrogen and oxygen atoms in total. The second-order valence-electron chi connectivity index (χ2n) is 9.89. The molecule has 0 saturated carbocycles. The number of aromatic nitrogens is 3. The highest BCUT2D eigenvalue weighted by atomic mass is 28.4. The van der Waals surface area contributed by atoms with E-state index in [2.05, 4.69) is 22.6 Å². The maximum absolute atomic E-state index is 11.6. The molecule has 0 unspecified atom stereocenters. The normalized spacial score (nSPS) is 23.7. The number of nitrogens with one attached hydrogen (secondary N) is 1. The van der Waals surface area contributed by atoms with Gasteiger partial charge in [-0.2, -0.15) is 0 Å². The second-order valence-corrected chi connectivity index (χ2v) is 13.9. The lowest BCUT2D eigenvalue weighted by atomic mass is 9.95. The highest BCUT2D eigenvalue weighted by Gasteiger charge is 2.49. The van der Waals surface area contributed by atoms with Crippen molar-refractivity contribution in [2.24, 2.45) is 5.92 Å². The molecule has 0 aliphatic carbocycles. The summed E-state index contributed by atoms with van der Waals surface area (Å²) in [5.74, 6) is -0.175. The van der Waals surface area contributed by atoms with Gasteiger partial charge in [-0.1, -0.05) is 24.3 Å². The van der Waals surface area contributed by atoms with E-state index < -0.39 is 20.3 Å². The van der Waals surface area contributed by atoms with Crippen LogP contribution in [-0.4, -0.2) is 69.1 Å². The maximum atomic E-state index is 11.6. The van der Waals surface area contributed by atoms with Crippen LogP contribution in [0.5, 0.6) is 0 Å². The number of carbonyl (C=O) groups excluding carboxylic acids is 1. The number of nitrogens with zero attached hydrogens (tertiary/aromatic N) is 3. The summed E-state index contributed by atoms with van der Waals surface area (Å²) in [7, 11) is -2.44. The highest BCUT2D eigenvalue weighted by molar-refractivity contribution is 6.71. The number of carbonyl (C=O) groups is 1. The molecule has 188 valence electrons. The van der Waals surface area contributed by atoms with Gasteiger partial charge in [0.15, 0.2) is 8.32 Å². The summed E-state index contributed by atoms with van der Waals surface area (Å²) in [6, 6.07) is 7.64. The molecule has 2 heterocycles. The molecule has 5 atom stereocenters. The van der Waals surface area contributed by atoms with Crippen molar-refractivity contribution in [2.75, 3.05) is 11.9 Å². The fourth-order valence-corrected chi connectivity index (χ4v) is 7.58. The standard InChI is InChI=1S/C24H38N4O5Si/c1-16-21(10-7-18-5-8-19(9-6-18)25-24(31)17(2)30)33-22(23(16)34(3,4)32)11-13-28-15-20(12-14-29)26-27-28/h5-6,8-9,15-17,21-23,29-30,32H,7,10-14H2,1-4H3,(H,25,31)/t16-,17-,21+,22-,23+/m0/s1. The third-order valence-electron chi connectivity index (χ3n) is 6.63. The summed E-state index contributed by atoms with van der Waals surface area (Å²) >= 11 is 0. The number of aliphatic hydroxyl groups is 2. The molecule has 1 aromatic carbocycles. The van der Waals surface area contributed by atoms with Crippen LogP contribution in [-0.2, 0) is 28.9 Å². The molecule has 1 aromatic heterocycles. The van der Waals surface area contributed by atoms with Crippen molar-refractivity contribution < 1.29 is 24.5 Å². The number of ether oxygens (including phenoxy) is 1. The van der Waals surface area contributed by atoms with Gasteiger partial charge < -0.3 is 25.1 Å². The topological polar surface area (TPSA) is 130 Å². The number of aliphatic hydroxyl groups excluding tert-OH is 2. The molecule has 2 aromatic rings. The van der Waals surface area contributed by atoms with Crippen molar-refractivity contribution in [3.8, 4) is 0 Å². The van der Waals surface area contributed by atoms with Gasteiger partial charge in [0.2, 0.25) is 0 Å². The smallest absolute Gasteiger partial charge is 0.252 e. The lowest BCUT2D eigenvalue weighted by Gasteiger charge is -2.30. The van der Waals surface area contributed by atoms with Crippen molar-refractivity contribution >= 4 is 19.9 Å². The first-order valence-corrected chi connectivity index (χ1v) is 15.1. The Labute approximate surface area is 202 Å². The zero-order valence-electron chi connectivity index (χ0n) is 20.5. The van der Waals surface area contributed by atoms with Crippen LogP contribution in [0.2, 0.25) is 18.6 Å². The van der Waals surface area contributed by atoms with E-state index in [1.54, 1.807) is 4.68 Å². The lowest BCUT2D eigenvalue weighted by Crippen LogP contribution is -2.40. The third kappa shape index (κ3) is 6.95. The number of rotatable bonds is 11. The van der Waals surface area contributed by atoms with E-state index >= 15 is 0 Å². The number of hydrogen-bond donors (Lipinski definition) is 4. The first-order valence-electron chi connectivity index (χ1n) is 12.0. The van der Waals surface area contributed by atoms with E-state index in [-0.39, 0.29) is 30.3 Å². The average molecular weight is 491 g/mol. The molecule has 1 aliphatic heterocycles. The fraction of sp³-hybridized carbons (Fsp3) is 0.625. The molecule has 0 radical (unpaired) electrons. The Morgan fingerprint density at radius 3 is 2.53 bits per heavy atom. The Morgan fingerprint density at radius 1 is 1.21 bits per heavy atom. The van der Waals surface area contributed by atoms with E-state index in [1.807, 2.05) is 43.6 Å². The quantitative estimate of drug-likeness (QED) is 0.355. The summed E-state index contributed by atoms with van der Waals surface area (Å²) in [6.45, 7) is 8.30. The third-order valence-corrected chi connectivity index (χ3v) is 9.16. The van der Waals surface area contributed by atoms with Crippen LogP contribution in [0.25, 0.3) is 0 Å². The van der Waals surface area contributed by atoms with E-state index in [1.165, 1.54) is 6.92 Å². The van der Waals surface area contributed by atoms with Gasteiger partial charge in [0.05, 0.1) is 17.9 Å². The highest BCUT2D eigenvalue weighted by Crippen LogP contribution is 2.45. The minimum Gasteiger partial charge on any atom is -0.432 e. The van der Waals surface area contributed by atoms with Gasteiger partial charge in [0.25, 0.3) is 5.91 Å². The van der Waals surface area contributed by atoms with E-state index in [0.717, 1.165) is 30.5 Å². The Hall–Kier alpha value is -2.11. The summed E-state index contributed by atoms with van der Waals surface area (Å²) in [5, 5.41) is 29.3. The minimum absolute atomic E-state index is 0.0322. The molecule has 10 heteroatoms. The Morgan fingerprint density at radius 2 is 1.91 bits per heavy atom. The average Bonchev–Trinajstić information content (AvgIpc) is 3.35. The molecule has 3 rings (SSSR count). The molecule has 1 amide bonds. The number of aryl methyl sites for hydroxylation is 2. The molecular weight excluding hydrogens is 452 g/mol. The Bertz CT molecular complexity index is 928. The monoisotopic (exact) mass is 490 g/mol. The van der Waals surface area contributed by atoms with Crippen LogP contribution in [0, 0.1) is 5.92 Å². The molecule has 1 aliphatic rings.